The first-order valence-corrected chi connectivity index (χ1v) is 7.21. The lowest BCUT2D eigenvalue weighted by Crippen LogP contribution is -2.32. The highest BCUT2D eigenvalue weighted by Gasteiger charge is 2.13. The molecule has 0 aromatic heterocycles. The fraction of sp³-hybridized carbons (Fsp3) is 0.333. The third-order valence-corrected chi connectivity index (χ3v) is 3.54. The second-order valence-electron chi connectivity index (χ2n) is 4.51. The van der Waals surface area contributed by atoms with Gasteiger partial charge >= 0.3 is 0 Å². The van der Waals surface area contributed by atoms with Gasteiger partial charge in [-0.05, 0) is 53.0 Å². The van der Waals surface area contributed by atoms with Gasteiger partial charge in [0.2, 0.25) is 0 Å². The number of ether oxygens (including phenoxy) is 1. The molecule has 0 spiro atoms. The Kier molecular flexibility index (Phi) is 6.25. The smallest absolute Gasteiger partial charge is 0.262 e. The molecule has 21 heavy (non-hydrogen) atoms. The predicted molar refractivity (Wildman–Crippen MR) is 83.8 cm³/mol. The third kappa shape index (κ3) is 4.50. The quantitative estimate of drug-likeness (QED) is 0.630. The number of carbonyl (C=O) groups is 1. The van der Waals surface area contributed by atoms with Gasteiger partial charge in [-0.2, -0.15) is 5.26 Å². The third-order valence-electron chi connectivity index (χ3n) is 2.94. The molecule has 0 fully saturated rings. The summed E-state index contributed by atoms with van der Waals surface area (Å²) in [7, 11) is 1.43. The van der Waals surface area contributed by atoms with Gasteiger partial charge in [-0.15, -0.1) is 0 Å². The molecular formula is C15H17BrN2O3. The monoisotopic (exact) mass is 352 g/mol. The van der Waals surface area contributed by atoms with Gasteiger partial charge in [0.05, 0.1) is 11.6 Å². The van der Waals surface area contributed by atoms with Crippen LogP contribution >= 0.6 is 15.9 Å². The van der Waals surface area contributed by atoms with Crippen LogP contribution < -0.4 is 10.1 Å². The van der Waals surface area contributed by atoms with Crippen molar-refractivity contribution >= 4 is 27.9 Å². The summed E-state index contributed by atoms with van der Waals surface area (Å²) in [6.07, 6.45) is 2.23. The van der Waals surface area contributed by atoms with Crippen molar-refractivity contribution in [2.45, 2.75) is 26.3 Å². The van der Waals surface area contributed by atoms with Gasteiger partial charge in [0, 0.05) is 6.04 Å². The number of carbonyl (C=O) groups excluding carboxylic acids is 1. The summed E-state index contributed by atoms with van der Waals surface area (Å²) in [5.41, 5.74) is 0.572. The zero-order valence-electron chi connectivity index (χ0n) is 12.1. The molecule has 0 radical (unpaired) electrons. The minimum atomic E-state index is -0.421. The number of amides is 1. The van der Waals surface area contributed by atoms with Crippen molar-refractivity contribution in [2.24, 2.45) is 0 Å². The Morgan fingerprint density at radius 2 is 2.29 bits per heavy atom. The van der Waals surface area contributed by atoms with Gasteiger partial charge in [0.1, 0.15) is 11.6 Å². The van der Waals surface area contributed by atoms with Crippen molar-refractivity contribution in [3.8, 4) is 17.6 Å². The summed E-state index contributed by atoms with van der Waals surface area (Å²) in [6.45, 7) is 3.82. The van der Waals surface area contributed by atoms with Crippen LogP contribution in [0, 0.1) is 11.3 Å². The van der Waals surface area contributed by atoms with Gasteiger partial charge < -0.3 is 15.2 Å². The van der Waals surface area contributed by atoms with E-state index in [0.29, 0.717) is 10.0 Å². The van der Waals surface area contributed by atoms with E-state index in [-0.39, 0.29) is 23.1 Å². The van der Waals surface area contributed by atoms with Crippen LogP contribution in [-0.2, 0) is 4.79 Å². The number of phenols is 1. The number of nitrogens with one attached hydrogen (secondary N) is 1. The predicted octanol–water partition coefficient (Wildman–Crippen LogP) is 2.98. The zero-order chi connectivity index (χ0) is 16.0. The number of nitrogens with zero attached hydrogens (tertiary/aromatic N) is 1. The number of hydrogen-bond acceptors (Lipinski definition) is 4. The lowest BCUT2D eigenvalue weighted by atomic mass is 10.1. The molecule has 0 aliphatic carbocycles. The summed E-state index contributed by atoms with van der Waals surface area (Å²) < 4.78 is 5.46. The Labute approximate surface area is 132 Å². The maximum atomic E-state index is 12.0. The van der Waals surface area contributed by atoms with E-state index in [1.54, 1.807) is 12.1 Å². The van der Waals surface area contributed by atoms with Gasteiger partial charge in [0.15, 0.2) is 11.5 Å². The maximum absolute atomic E-state index is 12.0. The van der Waals surface area contributed by atoms with Crippen molar-refractivity contribution in [3.05, 3.63) is 27.7 Å². The number of methoxy groups -OCH3 is 1. The number of rotatable bonds is 5. The SMILES string of the molecule is CC[C@H](C)NC(=O)/C(C#N)=C/c1cc(Br)c(O)c(OC)c1. The molecule has 112 valence electrons. The highest BCUT2D eigenvalue weighted by Crippen LogP contribution is 2.35. The van der Waals surface area contributed by atoms with E-state index in [2.05, 4.69) is 21.2 Å². The lowest BCUT2D eigenvalue weighted by molar-refractivity contribution is -0.117. The molecule has 0 saturated carbocycles. The van der Waals surface area contributed by atoms with Gasteiger partial charge in [-0.3, -0.25) is 4.79 Å². The number of halogens is 1. The van der Waals surface area contributed by atoms with Crippen molar-refractivity contribution in [2.75, 3.05) is 7.11 Å². The molecule has 1 aromatic carbocycles. The Hall–Kier alpha value is -2.00. The van der Waals surface area contributed by atoms with Crippen LogP contribution in [0.25, 0.3) is 6.08 Å². The largest absolute Gasteiger partial charge is 0.503 e. The molecule has 0 aliphatic rings. The Bertz CT molecular complexity index is 606. The topological polar surface area (TPSA) is 82.4 Å². The van der Waals surface area contributed by atoms with Crippen LogP contribution in [0.15, 0.2) is 22.2 Å². The summed E-state index contributed by atoms with van der Waals surface area (Å²) in [5, 5.41) is 21.6. The molecular weight excluding hydrogens is 336 g/mol. The average molecular weight is 353 g/mol. The van der Waals surface area contributed by atoms with E-state index in [9.17, 15) is 9.90 Å². The summed E-state index contributed by atoms with van der Waals surface area (Å²) >= 11 is 3.20. The minimum Gasteiger partial charge on any atom is -0.503 e. The Balaban J connectivity index is 3.12. The number of hydrogen-bond donors (Lipinski definition) is 2. The molecule has 1 rings (SSSR count). The molecule has 6 heteroatoms. The molecule has 1 atom stereocenters. The van der Waals surface area contributed by atoms with Crippen molar-refractivity contribution in [1.29, 1.82) is 5.26 Å². The molecule has 0 bridgehead atoms. The normalized spacial score (nSPS) is 12.4. The van der Waals surface area contributed by atoms with Crippen LogP contribution in [0.5, 0.6) is 11.5 Å². The van der Waals surface area contributed by atoms with E-state index in [1.165, 1.54) is 13.2 Å². The van der Waals surface area contributed by atoms with Crippen molar-refractivity contribution in [1.82, 2.24) is 5.32 Å². The molecule has 5 nitrogen and oxygen atoms in total. The molecule has 2 N–H and O–H groups in total. The highest BCUT2D eigenvalue weighted by atomic mass is 79.9. The molecule has 0 unspecified atom stereocenters. The summed E-state index contributed by atoms with van der Waals surface area (Å²) in [4.78, 5) is 12.0. The van der Waals surface area contributed by atoms with Gasteiger partial charge in [0.25, 0.3) is 5.91 Å². The van der Waals surface area contributed by atoms with Crippen molar-refractivity contribution < 1.29 is 14.6 Å². The van der Waals surface area contributed by atoms with E-state index < -0.39 is 5.91 Å². The Morgan fingerprint density at radius 3 is 2.81 bits per heavy atom. The van der Waals surface area contributed by atoms with E-state index in [0.717, 1.165) is 6.42 Å². The second kappa shape index (κ2) is 7.70. The first kappa shape index (κ1) is 17.1. The maximum Gasteiger partial charge on any atom is 0.262 e. The fourth-order valence-corrected chi connectivity index (χ4v) is 2.01. The van der Waals surface area contributed by atoms with Crippen LogP contribution in [0.3, 0.4) is 0 Å². The molecule has 1 amide bonds. The van der Waals surface area contributed by atoms with Gasteiger partial charge in [-0.25, -0.2) is 0 Å². The summed E-state index contributed by atoms with van der Waals surface area (Å²) in [6, 6.07) is 5.03. The first-order valence-electron chi connectivity index (χ1n) is 6.42. The number of benzene rings is 1. The standard InChI is InChI=1S/C15H17BrN2O3/c1-4-9(2)18-15(20)11(8-17)5-10-6-12(16)14(19)13(7-10)21-3/h5-7,9,19H,4H2,1-3H3,(H,18,20)/b11-5+/t9-/m0/s1. The van der Waals surface area contributed by atoms with Crippen LogP contribution in [0.2, 0.25) is 0 Å². The number of aromatic hydroxyl groups is 1. The highest BCUT2D eigenvalue weighted by molar-refractivity contribution is 9.10. The van der Waals surface area contributed by atoms with Gasteiger partial charge in [-0.1, -0.05) is 6.92 Å². The van der Waals surface area contributed by atoms with Crippen LogP contribution in [-0.4, -0.2) is 24.2 Å². The first-order chi connectivity index (χ1) is 9.92. The molecule has 0 heterocycles. The van der Waals surface area contributed by atoms with E-state index >= 15 is 0 Å². The second-order valence-corrected chi connectivity index (χ2v) is 5.36. The fourth-order valence-electron chi connectivity index (χ4n) is 1.55. The number of nitriles is 1. The zero-order valence-corrected chi connectivity index (χ0v) is 13.7. The number of phenolic OH excluding ortho intramolecular Hbond substituents is 1. The molecule has 0 saturated heterocycles. The van der Waals surface area contributed by atoms with E-state index in [1.807, 2.05) is 19.9 Å². The minimum absolute atomic E-state index is 0.00431. The summed E-state index contributed by atoms with van der Waals surface area (Å²) in [5.74, 6) is -0.192. The average Bonchev–Trinajstić information content (AvgIpc) is 2.47. The van der Waals surface area contributed by atoms with Crippen molar-refractivity contribution in [3.63, 3.8) is 0 Å². The lowest BCUT2D eigenvalue weighted by Gasteiger charge is -2.11. The van der Waals surface area contributed by atoms with Crippen LogP contribution in [0.4, 0.5) is 0 Å². The van der Waals surface area contributed by atoms with Crippen LogP contribution in [0.1, 0.15) is 25.8 Å². The van der Waals surface area contributed by atoms with E-state index in [4.69, 9.17) is 10.00 Å². The Morgan fingerprint density at radius 1 is 1.62 bits per heavy atom. The molecule has 0 aliphatic heterocycles. The molecule has 1 aromatic rings.